The minimum absolute atomic E-state index is 0.00336. The first kappa shape index (κ1) is 23.9. The lowest BCUT2D eigenvalue weighted by atomic mass is 9.81. The fourth-order valence-corrected chi connectivity index (χ4v) is 7.57. The molecule has 34 heavy (non-hydrogen) atoms. The molecule has 1 saturated carbocycles. The van der Waals surface area contributed by atoms with Gasteiger partial charge in [-0.1, -0.05) is 30.5 Å². The van der Waals surface area contributed by atoms with Crippen LogP contribution >= 0.6 is 34.3 Å². The number of thiophene rings is 1. The molecule has 1 aromatic carbocycles. The fourth-order valence-electron chi connectivity index (χ4n) is 5.17. The predicted molar refractivity (Wildman–Crippen MR) is 140 cm³/mol. The number of ketones is 1. The van der Waals surface area contributed by atoms with Crippen molar-refractivity contribution in [2.24, 2.45) is 5.92 Å². The van der Waals surface area contributed by atoms with Gasteiger partial charge in [0.05, 0.1) is 10.6 Å². The van der Waals surface area contributed by atoms with E-state index < -0.39 is 0 Å². The molecule has 3 aromatic rings. The molecule has 0 radical (unpaired) electrons. The van der Waals surface area contributed by atoms with Gasteiger partial charge < -0.3 is 10.2 Å². The third-order valence-electron chi connectivity index (χ3n) is 7.07. The Hall–Kier alpha value is -1.80. The molecular weight excluding hydrogens is 486 g/mol. The van der Waals surface area contributed by atoms with Crippen molar-refractivity contribution in [2.75, 3.05) is 13.6 Å². The number of carbonyl (C=O) groups is 2. The molecule has 5 nitrogen and oxygen atoms in total. The SMILES string of the molecule is CN1CCc2nc(C(=O)CCC[C@H]3CCCC[C@@H]3NC(=O)c3cc4ccc(Cl)cc4s3)sc2C1. The van der Waals surface area contributed by atoms with Crippen LogP contribution in [0, 0.1) is 5.92 Å². The van der Waals surface area contributed by atoms with Crippen molar-refractivity contribution >= 4 is 56.1 Å². The standard InChI is InChI=1S/C26H30ClN3O2S2/c1-30-12-11-20-24(15-30)34-26(29-20)21(31)8-4-6-16-5-2-3-7-19(16)28-25(32)23-13-17-9-10-18(27)14-22(17)33-23/h9-10,13-14,16,19H,2-8,11-12,15H2,1H3,(H,28,32)/t16-,19+/m1/s1. The van der Waals surface area contributed by atoms with Gasteiger partial charge in [-0.15, -0.1) is 22.7 Å². The quantitative estimate of drug-likeness (QED) is 0.373. The van der Waals surface area contributed by atoms with Crippen LogP contribution in [-0.4, -0.2) is 41.2 Å². The molecule has 180 valence electrons. The summed E-state index contributed by atoms with van der Waals surface area (Å²) < 4.78 is 1.03. The highest BCUT2D eigenvalue weighted by Crippen LogP contribution is 2.32. The third-order valence-corrected chi connectivity index (χ3v) is 9.53. The van der Waals surface area contributed by atoms with Gasteiger partial charge in [-0.05, 0) is 62.2 Å². The number of fused-ring (bicyclic) bond motifs is 2. The third kappa shape index (κ3) is 5.38. The number of hydrogen-bond acceptors (Lipinski definition) is 6. The first-order valence-corrected chi connectivity index (χ1v) is 14.2. The highest BCUT2D eigenvalue weighted by Gasteiger charge is 2.28. The topological polar surface area (TPSA) is 62.3 Å². The summed E-state index contributed by atoms with van der Waals surface area (Å²) in [6.45, 7) is 1.91. The number of halogens is 1. The van der Waals surface area contributed by atoms with Crippen molar-refractivity contribution in [1.29, 1.82) is 0 Å². The van der Waals surface area contributed by atoms with Gasteiger partial charge in [0.15, 0.2) is 10.8 Å². The summed E-state index contributed by atoms with van der Waals surface area (Å²) in [4.78, 5) is 34.7. The van der Waals surface area contributed by atoms with Gasteiger partial charge in [-0.2, -0.15) is 0 Å². The van der Waals surface area contributed by atoms with E-state index in [1.54, 1.807) is 11.3 Å². The van der Waals surface area contributed by atoms with Crippen LogP contribution in [0.1, 0.15) is 75.0 Å². The van der Waals surface area contributed by atoms with Gasteiger partial charge in [0.25, 0.3) is 5.91 Å². The number of nitrogens with zero attached hydrogens (tertiary/aromatic N) is 2. The minimum Gasteiger partial charge on any atom is -0.348 e. The van der Waals surface area contributed by atoms with Crippen molar-refractivity contribution < 1.29 is 9.59 Å². The zero-order valence-electron chi connectivity index (χ0n) is 19.4. The average molecular weight is 516 g/mol. The van der Waals surface area contributed by atoms with Crippen molar-refractivity contribution in [3.05, 3.63) is 49.7 Å². The lowest BCUT2D eigenvalue weighted by molar-refractivity contribution is 0.0899. The summed E-state index contributed by atoms with van der Waals surface area (Å²) in [5.41, 5.74) is 1.12. The Bertz CT molecular complexity index is 1200. The zero-order valence-corrected chi connectivity index (χ0v) is 21.8. The maximum absolute atomic E-state index is 13.0. The molecule has 0 saturated heterocycles. The van der Waals surface area contributed by atoms with Crippen molar-refractivity contribution in [3.8, 4) is 0 Å². The van der Waals surface area contributed by atoms with Gasteiger partial charge in [0, 0.05) is 46.6 Å². The lowest BCUT2D eigenvalue weighted by Crippen LogP contribution is -2.41. The molecule has 1 N–H and O–H groups in total. The van der Waals surface area contributed by atoms with Crippen molar-refractivity contribution in [3.63, 3.8) is 0 Å². The number of rotatable bonds is 7. The molecule has 1 amide bonds. The number of aromatic nitrogens is 1. The number of nitrogens with one attached hydrogen (secondary N) is 1. The molecule has 1 aliphatic heterocycles. The van der Waals surface area contributed by atoms with E-state index in [2.05, 4.69) is 22.2 Å². The van der Waals surface area contributed by atoms with Crippen LogP contribution in [-0.2, 0) is 13.0 Å². The summed E-state index contributed by atoms with van der Waals surface area (Å²) >= 11 is 9.17. The van der Waals surface area contributed by atoms with Crippen LogP contribution in [0.4, 0.5) is 0 Å². The number of benzene rings is 1. The Morgan fingerprint density at radius 3 is 2.94 bits per heavy atom. The summed E-state index contributed by atoms with van der Waals surface area (Å²) in [5, 5.41) is 5.72. The van der Waals surface area contributed by atoms with E-state index in [0.717, 1.165) is 72.3 Å². The number of hydrogen-bond donors (Lipinski definition) is 1. The minimum atomic E-state index is 0.00336. The van der Waals surface area contributed by atoms with Crippen LogP contribution in [0.3, 0.4) is 0 Å². The summed E-state index contributed by atoms with van der Waals surface area (Å²) in [5.74, 6) is 0.596. The van der Waals surface area contributed by atoms with Crippen LogP contribution < -0.4 is 5.32 Å². The van der Waals surface area contributed by atoms with Crippen LogP contribution in [0.5, 0.6) is 0 Å². The van der Waals surface area contributed by atoms with Gasteiger partial charge in [0.2, 0.25) is 0 Å². The second kappa shape index (κ2) is 10.4. The Kier molecular flexibility index (Phi) is 7.35. The smallest absolute Gasteiger partial charge is 0.261 e. The second-order valence-corrected chi connectivity index (χ2v) is 12.2. The molecule has 2 atom stereocenters. The first-order valence-electron chi connectivity index (χ1n) is 12.2. The monoisotopic (exact) mass is 515 g/mol. The van der Waals surface area contributed by atoms with E-state index in [1.165, 1.54) is 22.6 Å². The average Bonchev–Trinajstić information content (AvgIpc) is 3.43. The van der Waals surface area contributed by atoms with Gasteiger partial charge in [-0.3, -0.25) is 9.59 Å². The number of thiazole rings is 1. The van der Waals surface area contributed by atoms with Gasteiger partial charge >= 0.3 is 0 Å². The highest BCUT2D eigenvalue weighted by molar-refractivity contribution is 7.20. The Labute approximate surface area is 213 Å². The van der Waals surface area contributed by atoms with Gasteiger partial charge in [-0.25, -0.2) is 4.98 Å². The molecule has 1 aliphatic carbocycles. The molecule has 0 bridgehead atoms. The summed E-state index contributed by atoms with van der Waals surface area (Å²) in [6, 6.07) is 7.86. The predicted octanol–water partition coefficient (Wildman–Crippen LogP) is 6.34. The molecule has 0 spiro atoms. The van der Waals surface area contributed by atoms with E-state index in [4.69, 9.17) is 11.6 Å². The molecule has 5 rings (SSSR count). The molecule has 2 aromatic heterocycles. The van der Waals surface area contributed by atoms with E-state index in [1.807, 2.05) is 24.3 Å². The summed E-state index contributed by atoms with van der Waals surface area (Å²) in [7, 11) is 2.11. The van der Waals surface area contributed by atoms with Gasteiger partial charge in [0.1, 0.15) is 0 Å². The largest absolute Gasteiger partial charge is 0.348 e. The van der Waals surface area contributed by atoms with Crippen LogP contribution in [0.15, 0.2) is 24.3 Å². The maximum atomic E-state index is 13.0. The van der Waals surface area contributed by atoms with E-state index >= 15 is 0 Å². The maximum Gasteiger partial charge on any atom is 0.261 e. The molecule has 8 heteroatoms. The van der Waals surface area contributed by atoms with E-state index in [0.29, 0.717) is 22.4 Å². The molecule has 0 unspecified atom stereocenters. The Morgan fingerprint density at radius 2 is 2.06 bits per heavy atom. The van der Waals surface area contributed by atoms with Crippen molar-refractivity contribution in [2.45, 2.75) is 64.0 Å². The van der Waals surface area contributed by atoms with E-state index in [-0.39, 0.29) is 17.7 Å². The number of Topliss-reactive ketones (excluding diaryl/α,β-unsaturated/α-hetero) is 1. The first-order chi connectivity index (χ1) is 16.5. The van der Waals surface area contributed by atoms with Crippen molar-refractivity contribution in [1.82, 2.24) is 15.2 Å². The summed E-state index contributed by atoms with van der Waals surface area (Å²) in [6.07, 6.45) is 7.74. The lowest BCUT2D eigenvalue weighted by Gasteiger charge is -2.32. The van der Waals surface area contributed by atoms with Crippen LogP contribution in [0.25, 0.3) is 10.1 Å². The molecule has 2 aliphatic rings. The normalized spacial score (nSPS) is 20.9. The Balaban J connectivity index is 1.16. The second-order valence-electron chi connectivity index (χ2n) is 9.61. The number of carbonyl (C=O) groups excluding carboxylic acids is 2. The van der Waals surface area contributed by atoms with E-state index in [9.17, 15) is 9.59 Å². The fraction of sp³-hybridized carbons (Fsp3) is 0.500. The highest BCUT2D eigenvalue weighted by atomic mass is 35.5. The zero-order chi connectivity index (χ0) is 23.7. The molecule has 1 fully saturated rings. The number of amides is 1. The Morgan fingerprint density at radius 1 is 1.21 bits per heavy atom. The van der Waals surface area contributed by atoms with Crippen LogP contribution in [0.2, 0.25) is 5.02 Å². The molecular formula is C26H30ClN3O2S2. The number of likely N-dealkylation sites (N-methyl/N-ethyl adjacent to an activating group) is 1. The molecule has 3 heterocycles.